The lowest BCUT2D eigenvalue weighted by Gasteiger charge is -2.19. The highest BCUT2D eigenvalue weighted by Crippen LogP contribution is 2.31. The summed E-state index contributed by atoms with van der Waals surface area (Å²) in [6.45, 7) is 0.517. The van der Waals surface area contributed by atoms with Gasteiger partial charge in [0.15, 0.2) is 18.2 Å². The maximum absolute atomic E-state index is 15.3. The monoisotopic (exact) mass is 626 g/mol. The second kappa shape index (κ2) is 11.4. The summed E-state index contributed by atoms with van der Waals surface area (Å²) < 4.78 is 27.4. The number of hydrogen-bond acceptors (Lipinski definition) is 9. The number of halogens is 1. The number of cyclic esters (lactones) is 1. The predicted octanol–water partition coefficient (Wildman–Crippen LogP) is 2.36. The van der Waals surface area contributed by atoms with Crippen LogP contribution < -0.4 is 25.8 Å². The topological polar surface area (TPSA) is 152 Å². The quantitative estimate of drug-likeness (QED) is 0.222. The first-order chi connectivity index (χ1) is 22.2. The van der Waals surface area contributed by atoms with Gasteiger partial charge in [-0.05, 0) is 54.9 Å². The van der Waals surface area contributed by atoms with Gasteiger partial charge in [-0.15, -0.1) is 0 Å². The number of anilines is 2. The number of aryl methyl sites for hydroxylation is 1. The number of aromatic nitrogens is 2. The van der Waals surface area contributed by atoms with Crippen molar-refractivity contribution in [3.05, 3.63) is 93.0 Å². The number of rotatable bonds is 8. The molecule has 0 spiro atoms. The molecule has 2 N–H and O–H groups in total. The number of amides is 4. The van der Waals surface area contributed by atoms with E-state index in [1.54, 1.807) is 49.5 Å². The normalized spacial score (nSPS) is 17.2. The number of ether oxygens (including phenoxy) is 2. The van der Waals surface area contributed by atoms with E-state index in [0.717, 1.165) is 4.90 Å². The van der Waals surface area contributed by atoms with Crippen LogP contribution in [-0.2, 0) is 29.5 Å². The summed E-state index contributed by atoms with van der Waals surface area (Å²) in [6, 6.07) is 14.0. The predicted molar refractivity (Wildman–Crippen MR) is 162 cm³/mol. The smallest absolute Gasteiger partial charge is 0.416 e. The van der Waals surface area contributed by atoms with Crippen molar-refractivity contribution >= 4 is 46.4 Å². The first-order valence-corrected chi connectivity index (χ1v) is 14.6. The molecule has 14 heteroatoms. The standard InChI is InChI=1S/C32H27FN6O7/c1-37-27(41)12-17(14-39-30(42)20-4-2-3-5-21(20)31(39)43)19-6-7-23(33)22(28(19)37)10-11-34-13-18-15-38(32(44)46-18)25-9-8-24-29(35-25)36-26(40)16-45-24/h2-9,12,18,34H,10-11,13-16H2,1H3,(H,35,36,40). The molecule has 7 rings (SSSR count). The maximum atomic E-state index is 15.3. The number of carbonyl (C=O) groups excluding carboxylic acids is 4. The highest BCUT2D eigenvalue weighted by atomic mass is 19.1. The fourth-order valence-electron chi connectivity index (χ4n) is 6.00. The largest absolute Gasteiger partial charge is 0.480 e. The minimum Gasteiger partial charge on any atom is -0.480 e. The summed E-state index contributed by atoms with van der Waals surface area (Å²) in [4.78, 5) is 70.0. The number of fused-ring (bicyclic) bond motifs is 3. The zero-order valence-corrected chi connectivity index (χ0v) is 24.5. The highest BCUT2D eigenvalue weighted by Gasteiger charge is 2.36. The average Bonchev–Trinajstić information content (AvgIpc) is 3.54. The van der Waals surface area contributed by atoms with Crippen LogP contribution in [-0.4, -0.2) is 70.6 Å². The van der Waals surface area contributed by atoms with E-state index in [1.807, 2.05) is 0 Å². The Hall–Kier alpha value is -5.63. The molecule has 3 aliphatic heterocycles. The molecule has 13 nitrogen and oxygen atoms in total. The van der Waals surface area contributed by atoms with Gasteiger partial charge in [0.25, 0.3) is 23.3 Å². The molecule has 5 heterocycles. The molecule has 2 aromatic heterocycles. The van der Waals surface area contributed by atoms with Crippen LogP contribution in [0.5, 0.6) is 5.75 Å². The Morgan fingerprint density at radius 2 is 1.78 bits per heavy atom. The second-order valence-electron chi connectivity index (χ2n) is 11.2. The zero-order chi connectivity index (χ0) is 32.1. The third kappa shape index (κ3) is 5.01. The van der Waals surface area contributed by atoms with Gasteiger partial charge in [0.05, 0.1) is 29.7 Å². The van der Waals surface area contributed by atoms with E-state index in [4.69, 9.17) is 9.47 Å². The van der Waals surface area contributed by atoms with Gasteiger partial charge in [-0.3, -0.25) is 29.0 Å². The molecule has 1 saturated heterocycles. The Morgan fingerprint density at radius 3 is 2.54 bits per heavy atom. The van der Waals surface area contributed by atoms with Crippen LogP contribution in [0.25, 0.3) is 10.9 Å². The molecule has 0 aliphatic carbocycles. The molecule has 234 valence electrons. The highest BCUT2D eigenvalue weighted by molar-refractivity contribution is 6.21. The molecule has 2 aromatic carbocycles. The number of nitrogens with zero attached hydrogens (tertiary/aromatic N) is 4. The lowest BCUT2D eigenvalue weighted by atomic mass is 10.0. The Bertz CT molecular complexity index is 1990. The summed E-state index contributed by atoms with van der Waals surface area (Å²) in [5.41, 5.74) is 1.30. The molecule has 0 bridgehead atoms. The van der Waals surface area contributed by atoms with Gasteiger partial charge in [-0.1, -0.05) is 12.1 Å². The van der Waals surface area contributed by atoms with Crippen molar-refractivity contribution in [3.8, 4) is 5.75 Å². The first-order valence-electron chi connectivity index (χ1n) is 14.6. The van der Waals surface area contributed by atoms with Gasteiger partial charge in [-0.25, -0.2) is 14.2 Å². The fraction of sp³-hybridized carbons (Fsp3) is 0.250. The van der Waals surface area contributed by atoms with Crippen LogP contribution in [0.3, 0.4) is 0 Å². The summed E-state index contributed by atoms with van der Waals surface area (Å²) in [5, 5.41) is 6.35. The van der Waals surface area contributed by atoms with E-state index < -0.39 is 35.4 Å². The van der Waals surface area contributed by atoms with Crippen LogP contribution >= 0.6 is 0 Å². The number of carbonyl (C=O) groups is 4. The van der Waals surface area contributed by atoms with Gasteiger partial charge in [0.2, 0.25) is 0 Å². The van der Waals surface area contributed by atoms with Crippen molar-refractivity contribution in [2.75, 3.05) is 36.5 Å². The Kier molecular flexibility index (Phi) is 7.20. The van der Waals surface area contributed by atoms with Crippen molar-refractivity contribution in [2.24, 2.45) is 7.05 Å². The van der Waals surface area contributed by atoms with Gasteiger partial charge in [0, 0.05) is 30.6 Å². The number of pyridine rings is 2. The maximum Gasteiger partial charge on any atom is 0.416 e. The Morgan fingerprint density at radius 1 is 1.02 bits per heavy atom. The average molecular weight is 627 g/mol. The first kappa shape index (κ1) is 29.1. The van der Waals surface area contributed by atoms with Gasteiger partial charge in [0.1, 0.15) is 17.7 Å². The molecule has 4 aromatic rings. The molecule has 1 fully saturated rings. The number of imide groups is 1. The molecule has 3 aliphatic rings. The minimum absolute atomic E-state index is 0.108. The van der Waals surface area contributed by atoms with Crippen LogP contribution in [0.4, 0.5) is 20.8 Å². The third-order valence-electron chi connectivity index (χ3n) is 8.28. The van der Waals surface area contributed by atoms with Crippen molar-refractivity contribution < 1.29 is 33.0 Å². The Balaban J connectivity index is 1.04. The molecule has 0 radical (unpaired) electrons. The molecule has 1 unspecified atom stereocenters. The van der Waals surface area contributed by atoms with E-state index >= 15 is 4.39 Å². The van der Waals surface area contributed by atoms with E-state index in [1.165, 1.54) is 21.6 Å². The summed E-state index contributed by atoms with van der Waals surface area (Å²) >= 11 is 0. The second-order valence-corrected chi connectivity index (χ2v) is 11.2. The lowest BCUT2D eigenvalue weighted by molar-refractivity contribution is -0.118. The third-order valence-corrected chi connectivity index (χ3v) is 8.28. The van der Waals surface area contributed by atoms with Crippen molar-refractivity contribution in [2.45, 2.75) is 19.1 Å². The zero-order valence-electron chi connectivity index (χ0n) is 24.5. The van der Waals surface area contributed by atoms with Gasteiger partial charge >= 0.3 is 6.09 Å². The van der Waals surface area contributed by atoms with Crippen LogP contribution in [0.1, 0.15) is 31.8 Å². The van der Waals surface area contributed by atoms with E-state index in [9.17, 15) is 24.0 Å². The van der Waals surface area contributed by atoms with Crippen LogP contribution in [0, 0.1) is 5.82 Å². The summed E-state index contributed by atoms with van der Waals surface area (Å²) in [7, 11) is 1.55. The van der Waals surface area contributed by atoms with Gasteiger partial charge in [-0.2, -0.15) is 0 Å². The van der Waals surface area contributed by atoms with Crippen molar-refractivity contribution in [3.63, 3.8) is 0 Å². The molecular formula is C32H27FN6O7. The minimum atomic E-state index is -0.594. The van der Waals surface area contributed by atoms with Crippen molar-refractivity contribution in [1.29, 1.82) is 0 Å². The van der Waals surface area contributed by atoms with E-state index in [-0.39, 0.29) is 44.4 Å². The SMILES string of the molecule is Cn1c(=O)cc(CN2C(=O)c3ccccc3C2=O)c2ccc(F)c(CCNCC3CN(c4ccc5c(n4)NC(=O)CO5)C(=O)O3)c21. The number of nitrogens with one attached hydrogen (secondary N) is 2. The van der Waals surface area contributed by atoms with Gasteiger partial charge < -0.3 is 24.7 Å². The van der Waals surface area contributed by atoms with Crippen molar-refractivity contribution in [1.82, 2.24) is 19.8 Å². The van der Waals surface area contributed by atoms with E-state index in [2.05, 4.69) is 15.6 Å². The van der Waals surface area contributed by atoms with E-state index in [0.29, 0.717) is 51.3 Å². The van der Waals surface area contributed by atoms with Crippen LogP contribution in [0.15, 0.2) is 59.4 Å². The lowest BCUT2D eigenvalue weighted by Crippen LogP contribution is -2.33. The number of benzene rings is 2. The molecule has 46 heavy (non-hydrogen) atoms. The molecule has 0 saturated carbocycles. The molecule has 1 atom stereocenters. The number of hydrogen-bond donors (Lipinski definition) is 2. The molecular weight excluding hydrogens is 599 g/mol. The Labute approximate surface area is 260 Å². The molecule has 4 amide bonds. The summed E-state index contributed by atoms with van der Waals surface area (Å²) in [6.07, 6.45) is -0.921. The summed E-state index contributed by atoms with van der Waals surface area (Å²) in [5.74, 6) is -0.817. The fourth-order valence-corrected chi connectivity index (χ4v) is 6.00. The van der Waals surface area contributed by atoms with Crippen LogP contribution in [0.2, 0.25) is 0 Å².